The van der Waals surface area contributed by atoms with E-state index in [9.17, 15) is 19.7 Å². The zero-order chi connectivity index (χ0) is 20.9. The highest BCUT2D eigenvalue weighted by Gasteiger charge is 2.34. The van der Waals surface area contributed by atoms with Crippen LogP contribution in [0.5, 0.6) is 5.75 Å². The van der Waals surface area contributed by atoms with E-state index >= 15 is 0 Å². The number of nitrogens with zero attached hydrogens (tertiary/aromatic N) is 1. The molecule has 0 radical (unpaired) electrons. The van der Waals surface area contributed by atoms with Gasteiger partial charge >= 0.3 is 5.97 Å². The van der Waals surface area contributed by atoms with Gasteiger partial charge in [0.05, 0.1) is 23.5 Å². The Balaban J connectivity index is 2.11. The summed E-state index contributed by atoms with van der Waals surface area (Å²) in [6.07, 6.45) is -1.14. The molecule has 0 unspecified atom stereocenters. The van der Waals surface area contributed by atoms with Crippen LogP contribution in [-0.2, 0) is 19.7 Å². The van der Waals surface area contributed by atoms with Crippen molar-refractivity contribution in [1.82, 2.24) is 0 Å². The molecule has 0 fully saturated rings. The molecule has 0 aliphatic heterocycles. The van der Waals surface area contributed by atoms with E-state index in [2.05, 4.69) is 5.32 Å². The lowest BCUT2D eigenvalue weighted by molar-refractivity contribution is -0.384. The number of hydrogen-bond acceptors (Lipinski definition) is 6. The van der Waals surface area contributed by atoms with Crippen LogP contribution < -0.4 is 10.1 Å². The van der Waals surface area contributed by atoms with Crippen molar-refractivity contribution in [2.45, 2.75) is 32.3 Å². The quantitative estimate of drug-likeness (QED) is 0.444. The van der Waals surface area contributed by atoms with Gasteiger partial charge < -0.3 is 14.8 Å². The van der Waals surface area contributed by atoms with E-state index in [0.717, 1.165) is 5.56 Å². The first kappa shape index (κ1) is 20.9. The van der Waals surface area contributed by atoms with E-state index in [1.54, 1.807) is 26.0 Å². The van der Waals surface area contributed by atoms with Crippen LogP contribution in [0.1, 0.15) is 26.3 Å². The molecule has 0 heterocycles. The van der Waals surface area contributed by atoms with Gasteiger partial charge in [0.2, 0.25) is 0 Å². The SMILES string of the molecule is COc1ccc(NC(=O)[C@H](C)OC(=O)C(C)(C)c2ccccc2)c([N+](=O)[O-])c1. The zero-order valence-corrected chi connectivity index (χ0v) is 16.1. The molecule has 1 N–H and O–H groups in total. The van der Waals surface area contributed by atoms with Crippen molar-refractivity contribution in [3.05, 3.63) is 64.2 Å². The molecule has 0 saturated carbocycles. The summed E-state index contributed by atoms with van der Waals surface area (Å²) in [6.45, 7) is 4.80. The van der Waals surface area contributed by atoms with Crippen LogP contribution in [0.4, 0.5) is 11.4 Å². The van der Waals surface area contributed by atoms with Crippen LogP contribution in [0.2, 0.25) is 0 Å². The third kappa shape index (κ3) is 4.64. The van der Waals surface area contributed by atoms with Gasteiger partial charge in [-0.15, -0.1) is 0 Å². The Kier molecular flexibility index (Phi) is 6.35. The van der Waals surface area contributed by atoms with Crippen molar-refractivity contribution in [3.63, 3.8) is 0 Å². The summed E-state index contributed by atoms with van der Waals surface area (Å²) < 4.78 is 10.3. The van der Waals surface area contributed by atoms with E-state index in [1.807, 2.05) is 18.2 Å². The highest BCUT2D eigenvalue weighted by Crippen LogP contribution is 2.29. The molecular weight excluding hydrogens is 364 g/mol. The van der Waals surface area contributed by atoms with Crippen LogP contribution in [0.15, 0.2) is 48.5 Å². The van der Waals surface area contributed by atoms with Gasteiger partial charge in [-0.25, -0.2) is 0 Å². The second-order valence-corrected chi connectivity index (χ2v) is 6.67. The van der Waals surface area contributed by atoms with Crippen molar-refractivity contribution in [2.24, 2.45) is 0 Å². The van der Waals surface area contributed by atoms with Crippen molar-refractivity contribution in [3.8, 4) is 5.75 Å². The Morgan fingerprint density at radius 2 is 1.79 bits per heavy atom. The Bertz CT molecular complexity index is 880. The normalized spacial score (nSPS) is 12.0. The number of nitrogens with one attached hydrogen (secondary N) is 1. The number of ether oxygens (including phenoxy) is 2. The number of carbonyl (C=O) groups is 2. The maximum atomic E-state index is 12.6. The highest BCUT2D eigenvalue weighted by atomic mass is 16.6. The van der Waals surface area contributed by atoms with Gasteiger partial charge in [-0.3, -0.25) is 19.7 Å². The summed E-state index contributed by atoms with van der Waals surface area (Å²) >= 11 is 0. The van der Waals surface area contributed by atoms with Gasteiger partial charge in [0.1, 0.15) is 11.4 Å². The van der Waals surface area contributed by atoms with Crippen molar-refractivity contribution < 1.29 is 24.0 Å². The second-order valence-electron chi connectivity index (χ2n) is 6.67. The first-order chi connectivity index (χ1) is 13.2. The molecule has 1 atom stereocenters. The fraction of sp³-hybridized carbons (Fsp3) is 0.300. The Morgan fingerprint density at radius 3 is 2.36 bits per heavy atom. The average molecular weight is 386 g/mol. The summed E-state index contributed by atoms with van der Waals surface area (Å²) in [6, 6.07) is 13.1. The molecule has 0 spiro atoms. The zero-order valence-electron chi connectivity index (χ0n) is 16.1. The number of benzene rings is 2. The molecule has 8 nitrogen and oxygen atoms in total. The molecule has 2 rings (SSSR count). The molecule has 0 bridgehead atoms. The Morgan fingerprint density at radius 1 is 1.14 bits per heavy atom. The highest BCUT2D eigenvalue weighted by molar-refractivity contribution is 5.97. The second kappa shape index (κ2) is 8.51. The number of nitro groups is 1. The molecule has 0 aromatic heterocycles. The van der Waals surface area contributed by atoms with Crippen molar-refractivity contribution in [2.75, 3.05) is 12.4 Å². The van der Waals surface area contributed by atoms with Crippen LogP contribution in [0.3, 0.4) is 0 Å². The lowest BCUT2D eigenvalue weighted by atomic mass is 9.85. The van der Waals surface area contributed by atoms with Gasteiger partial charge in [-0.2, -0.15) is 0 Å². The lowest BCUT2D eigenvalue weighted by Gasteiger charge is -2.25. The van der Waals surface area contributed by atoms with E-state index in [1.165, 1.54) is 32.2 Å². The number of carbonyl (C=O) groups excluding carboxylic acids is 2. The van der Waals surface area contributed by atoms with E-state index in [0.29, 0.717) is 0 Å². The number of hydrogen-bond donors (Lipinski definition) is 1. The molecule has 148 valence electrons. The smallest absolute Gasteiger partial charge is 0.316 e. The van der Waals surface area contributed by atoms with Gasteiger partial charge in [-0.1, -0.05) is 30.3 Å². The minimum absolute atomic E-state index is 0.0129. The molecular formula is C20H22N2O6. The number of rotatable bonds is 7. The fourth-order valence-corrected chi connectivity index (χ4v) is 2.46. The largest absolute Gasteiger partial charge is 0.496 e. The minimum Gasteiger partial charge on any atom is -0.496 e. The third-order valence-electron chi connectivity index (χ3n) is 4.32. The molecule has 8 heteroatoms. The number of methoxy groups -OCH3 is 1. The molecule has 0 aliphatic rings. The predicted octanol–water partition coefficient (Wildman–Crippen LogP) is 3.45. The van der Waals surface area contributed by atoms with Crippen LogP contribution in [0.25, 0.3) is 0 Å². The van der Waals surface area contributed by atoms with E-state index in [-0.39, 0.29) is 17.1 Å². The Labute approximate surface area is 162 Å². The van der Waals surface area contributed by atoms with Crippen LogP contribution >= 0.6 is 0 Å². The Hall–Kier alpha value is -3.42. The first-order valence-electron chi connectivity index (χ1n) is 8.56. The molecule has 1 amide bonds. The summed E-state index contributed by atoms with van der Waals surface area (Å²) in [4.78, 5) is 35.6. The molecule has 28 heavy (non-hydrogen) atoms. The van der Waals surface area contributed by atoms with Gasteiger partial charge in [0.25, 0.3) is 11.6 Å². The number of anilines is 1. The van der Waals surface area contributed by atoms with Crippen molar-refractivity contribution in [1.29, 1.82) is 0 Å². The van der Waals surface area contributed by atoms with Gasteiger partial charge in [0, 0.05) is 0 Å². The lowest BCUT2D eigenvalue weighted by Crippen LogP contribution is -2.37. The standard InChI is InChI=1S/C20H22N2O6/c1-13(28-19(24)20(2,3)14-8-6-5-7-9-14)18(23)21-16-11-10-15(27-4)12-17(16)22(25)26/h5-13H,1-4H3,(H,21,23)/t13-/m0/s1. The minimum atomic E-state index is -1.14. The maximum absolute atomic E-state index is 12.6. The topological polar surface area (TPSA) is 108 Å². The third-order valence-corrected chi connectivity index (χ3v) is 4.32. The summed E-state index contributed by atoms with van der Waals surface area (Å²) in [7, 11) is 1.38. The summed E-state index contributed by atoms with van der Waals surface area (Å²) in [5.74, 6) is -0.968. The maximum Gasteiger partial charge on any atom is 0.316 e. The number of amides is 1. The fourth-order valence-electron chi connectivity index (χ4n) is 2.46. The first-order valence-corrected chi connectivity index (χ1v) is 8.56. The van der Waals surface area contributed by atoms with Gasteiger partial charge in [-0.05, 0) is 38.5 Å². The van der Waals surface area contributed by atoms with E-state index in [4.69, 9.17) is 9.47 Å². The monoisotopic (exact) mass is 386 g/mol. The number of esters is 1. The average Bonchev–Trinajstić information content (AvgIpc) is 2.68. The molecule has 2 aromatic rings. The predicted molar refractivity (Wildman–Crippen MR) is 103 cm³/mol. The van der Waals surface area contributed by atoms with Crippen LogP contribution in [-0.4, -0.2) is 30.0 Å². The molecule has 0 saturated heterocycles. The van der Waals surface area contributed by atoms with E-state index < -0.39 is 28.3 Å². The van der Waals surface area contributed by atoms with Crippen molar-refractivity contribution >= 4 is 23.3 Å². The van der Waals surface area contributed by atoms with Crippen LogP contribution in [0, 0.1) is 10.1 Å². The van der Waals surface area contributed by atoms with Gasteiger partial charge in [0.15, 0.2) is 6.10 Å². The molecule has 2 aromatic carbocycles. The summed E-state index contributed by atoms with van der Waals surface area (Å²) in [5, 5.41) is 13.6. The molecule has 0 aliphatic carbocycles. The number of nitro benzene ring substituents is 1. The summed E-state index contributed by atoms with van der Waals surface area (Å²) in [5.41, 5.74) is -0.544.